The van der Waals surface area contributed by atoms with Crippen molar-refractivity contribution in [3.8, 4) is 0 Å². The van der Waals surface area contributed by atoms with Crippen LogP contribution in [0, 0.1) is 5.82 Å². The van der Waals surface area contributed by atoms with Gasteiger partial charge in [0.15, 0.2) is 0 Å². The van der Waals surface area contributed by atoms with Crippen molar-refractivity contribution in [3.63, 3.8) is 0 Å². The fourth-order valence-electron chi connectivity index (χ4n) is 4.33. The van der Waals surface area contributed by atoms with Gasteiger partial charge in [0.25, 0.3) is 0 Å². The van der Waals surface area contributed by atoms with Gasteiger partial charge in [-0.05, 0) is 69.9 Å². The molecular weight excluding hydrogens is 386 g/mol. The molecule has 1 heterocycles. The molecule has 29 heavy (non-hydrogen) atoms. The molecule has 0 aromatic heterocycles. The van der Waals surface area contributed by atoms with E-state index in [1.807, 2.05) is 0 Å². The first-order valence-corrected chi connectivity index (χ1v) is 10.5. The Kier molecular flexibility index (Phi) is 7.38. The number of urea groups is 1. The van der Waals surface area contributed by atoms with Crippen LogP contribution in [0.25, 0.3) is 0 Å². The number of carbonyl (C=O) groups is 1. The molecular formula is C21H29F4N3O. The molecule has 1 N–H and O–H groups in total. The van der Waals surface area contributed by atoms with Crippen molar-refractivity contribution in [3.05, 3.63) is 29.6 Å². The normalized spacial score (nSPS) is 18.8. The van der Waals surface area contributed by atoms with Crippen LogP contribution < -0.4 is 5.32 Å². The van der Waals surface area contributed by atoms with Crippen LogP contribution >= 0.6 is 0 Å². The van der Waals surface area contributed by atoms with E-state index in [-0.39, 0.29) is 11.7 Å². The van der Waals surface area contributed by atoms with Gasteiger partial charge in [0.05, 0.1) is 5.56 Å². The third-order valence-electron chi connectivity index (χ3n) is 5.87. The number of likely N-dealkylation sites (tertiary alicyclic amines) is 1. The maximum absolute atomic E-state index is 13.5. The number of rotatable bonds is 6. The van der Waals surface area contributed by atoms with E-state index in [1.54, 1.807) is 4.90 Å². The van der Waals surface area contributed by atoms with Crippen molar-refractivity contribution in [1.82, 2.24) is 9.80 Å². The topological polar surface area (TPSA) is 35.6 Å². The molecule has 8 heteroatoms. The highest BCUT2D eigenvalue weighted by Gasteiger charge is 2.34. The van der Waals surface area contributed by atoms with E-state index in [0.717, 1.165) is 64.2 Å². The van der Waals surface area contributed by atoms with E-state index in [4.69, 9.17) is 0 Å². The zero-order valence-corrected chi connectivity index (χ0v) is 16.6. The van der Waals surface area contributed by atoms with E-state index < -0.39 is 23.6 Å². The molecule has 1 saturated carbocycles. The maximum Gasteiger partial charge on any atom is 0.419 e. The average molecular weight is 415 g/mol. The maximum atomic E-state index is 13.5. The number of hydrogen-bond acceptors (Lipinski definition) is 2. The van der Waals surface area contributed by atoms with Gasteiger partial charge in [-0.25, -0.2) is 9.18 Å². The predicted molar refractivity (Wildman–Crippen MR) is 104 cm³/mol. The zero-order chi connectivity index (χ0) is 20.9. The average Bonchev–Trinajstić information content (AvgIpc) is 3.20. The summed E-state index contributed by atoms with van der Waals surface area (Å²) in [6, 6.07) is 2.28. The summed E-state index contributed by atoms with van der Waals surface area (Å²) in [6.07, 6.45) is 3.52. The highest BCUT2D eigenvalue weighted by Crippen LogP contribution is 2.33. The Morgan fingerprint density at radius 1 is 1.10 bits per heavy atom. The minimum absolute atomic E-state index is 0.0379. The van der Waals surface area contributed by atoms with Crippen LogP contribution in [0.15, 0.2) is 18.2 Å². The van der Waals surface area contributed by atoms with Gasteiger partial charge in [0.2, 0.25) is 0 Å². The van der Waals surface area contributed by atoms with Gasteiger partial charge < -0.3 is 15.1 Å². The molecule has 0 unspecified atom stereocenters. The van der Waals surface area contributed by atoms with Crippen LogP contribution in [0.1, 0.15) is 56.9 Å². The van der Waals surface area contributed by atoms with Crippen LogP contribution in [0.5, 0.6) is 0 Å². The zero-order valence-electron chi connectivity index (χ0n) is 16.6. The number of benzene rings is 1. The van der Waals surface area contributed by atoms with Crippen LogP contribution in [0.3, 0.4) is 0 Å². The number of carbonyl (C=O) groups excluding carboxylic acids is 1. The summed E-state index contributed by atoms with van der Waals surface area (Å²) in [6.45, 7) is 3.67. The molecule has 2 amide bonds. The summed E-state index contributed by atoms with van der Waals surface area (Å²) in [5, 5.41) is 2.56. The molecule has 4 nitrogen and oxygen atoms in total. The quantitative estimate of drug-likeness (QED) is 0.623. The largest absolute Gasteiger partial charge is 0.419 e. The third-order valence-corrected chi connectivity index (χ3v) is 5.87. The van der Waals surface area contributed by atoms with E-state index >= 15 is 0 Å². The number of amides is 2. The van der Waals surface area contributed by atoms with Gasteiger partial charge in [0, 0.05) is 18.3 Å². The smallest absolute Gasteiger partial charge is 0.322 e. The number of nitrogens with one attached hydrogen (secondary N) is 1. The second kappa shape index (κ2) is 9.78. The minimum atomic E-state index is -4.80. The molecule has 0 spiro atoms. The van der Waals surface area contributed by atoms with Gasteiger partial charge in [-0.1, -0.05) is 19.3 Å². The van der Waals surface area contributed by atoms with Crippen molar-refractivity contribution >= 4 is 11.7 Å². The Bertz CT molecular complexity index is 683. The molecule has 1 aliphatic heterocycles. The molecule has 0 atom stereocenters. The number of alkyl halides is 3. The lowest BCUT2D eigenvalue weighted by Crippen LogP contribution is -2.45. The van der Waals surface area contributed by atoms with Gasteiger partial charge in [0.1, 0.15) is 5.82 Å². The van der Waals surface area contributed by atoms with Crippen molar-refractivity contribution in [2.75, 3.05) is 31.5 Å². The van der Waals surface area contributed by atoms with E-state index in [0.29, 0.717) is 12.6 Å². The van der Waals surface area contributed by atoms with Crippen molar-refractivity contribution in [2.45, 2.75) is 63.6 Å². The molecule has 1 saturated heterocycles. The summed E-state index contributed by atoms with van der Waals surface area (Å²) in [7, 11) is 0. The van der Waals surface area contributed by atoms with Gasteiger partial charge in [-0.2, -0.15) is 13.2 Å². The van der Waals surface area contributed by atoms with Crippen LogP contribution in [0.4, 0.5) is 28.0 Å². The molecule has 1 aromatic rings. The molecule has 3 rings (SSSR count). The Morgan fingerprint density at radius 3 is 2.45 bits per heavy atom. The SMILES string of the molecule is O=C(Nc1ccc(F)c(C(F)(F)F)c1)N(CCCN1CCCC1)C1CCCCC1. The second-order valence-corrected chi connectivity index (χ2v) is 8.01. The first-order valence-electron chi connectivity index (χ1n) is 10.5. The number of halogens is 4. The fourth-order valence-corrected chi connectivity index (χ4v) is 4.33. The monoisotopic (exact) mass is 415 g/mol. The standard InChI is InChI=1S/C21H29F4N3O/c22-19-10-9-16(15-18(19)21(23,24)25)26-20(29)28(17-7-2-1-3-8-17)14-6-13-27-11-4-5-12-27/h9-10,15,17H,1-8,11-14H2,(H,26,29). The predicted octanol–water partition coefficient (Wildman–Crippen LogP) is 5.50. The van der Waals surface area contributed by atoms with Crippen LogP contribution in [-0.2, 0) is 6.18 Å². The van der Waals surface area contributed by atoms with Gasteiger partial charge >= 0.3 is 12.2 Å². The Labute approximate surface area is 169 Å². The first kappa shape index (κ1) is 21.9. The molecule has 0 bridgehead atoms. The molecule has 2 fully saturated rings. The van der Waals surface area contributed by atoms with Crippen molar-refractivity contribution in [2.24, 2.45) is 0 Å². The summed E-state index contributed by atoms with van der Waals surface area (Å²) >= 11 is 0. The van der Waals surface area contributed by atoms with Gasteiger partial charge in [-0.3, -0.25) is 0 Å². The molecule has 1 aromatic carbocycles. The molecule has 0 radical (unpaired) electrons. The Balaban J connectivity index is 1.66. The lowest BCUT2D eigenvalue weighted by molar-refractivity contribution is -0.139. The minimum Gasteiger partial charge on any atom is -0.322 e. The summed E-state index contributed by atoms with van der Waals surface area (Å²) in [4.78, 5) is 17.1. The third kappa shape index (κ3) is 6.07. The number of nitrogens with zero attached hydrogens (tertiary/aromatic N) is 2. The van der Waals surface area contributed by atoms with Crippen LogP contribution in [0.2, 0.25) is 0 Å². The first-order chi connectivity index (χ1) is 13.8. The highest BCUT2D eigenvalue weighted by atomic mass is 19.4. The fraction of sp³-hybridized carbons (Fsp3) is 0.667. The summed E-state index contributed by atoms with van der Waals surface area (Å²) in [5.41, 5.74) is -1.40. The van der Waals surface area contributed by atoms with Crippen LogP contribution in [-0.4, -0.2) is 48.1 Å². The van der Waals surface area contributed by atoms with E-state index in [1.165, 1.54) is 18.9 Å². The molecule has 2 aliphatic rings. The number of anilines is 1. The van der Waals surface area contributed by atoms with Gasteiger partial charge in [-0.15, -0.1) is 0 Å². The van der Waals surface area contributed by atoms with E-state index in [9.17, 15) is 22.4 Å². The molecule has 162 valence electrons. The van der Waals surface area contributed by atoms with Crippen molar-refractivity contribution in [1.29, 1.82) is 0 Å². The second-order valence-electron chi connectivity index (χ2n) is 8.01. The summed E-state index contributed by atoms with van der Waals surface area (Å²) in [5.74, 6) is -1.34. The Morgan fingerprint density at radius 2 is 1.79 bits per heavy atom. The molecule has 1 aliphatic carbocycles. The lowest BCUT2D eigenvalue weighted by Gasteiger charge is -2.35. The van der Waals surface area contributed by atoms with Crippen molar-refractivity contribution < 1.29 is 22.4 Å². The number of hydrogen-bond donors (Lipinski definition) is 1. The highest BCUT2D eigenvalue weighted by molar-refractivity contribution is 5.89. The summed E-state index contributed by atoms with van der Waals surface area (Å²) < 4.78 is 52.4. The lowest BCUT2D eigenvalue weighted by atomic mass is 9.94. The van der Waals surface area contributed by atoms with E-state index in [2.05, 4.69) is 10.2 Å². The Hall–Kier alpha value is -1.83.